The van der Waals surface area contributed by atoms with Crippen LogP contribution in [0.5, 0.6) is 5.75 Å². The molecule has 0 radical (unpaired) electrons. The molecule has 0 unspecified atom stereocenters. The van der Waals surface area contributed by atoms with Crippen molar-refractivity contribution in [1.82, 2.24) is 0 Å². The monoisotopic (exact) mass is 513 g/mol. The van der Waals surface area contributed by atoms with Gasteiger partial charge in [0, 0.05) is 10.0 Å². The minimum Gasteiger partial charge on any atom is -0.507 e. The second-order valence-electron chi connectivity index (χ2n) is 7.14. The van der Waals surface area contributed by atoms with Crippen molar-refractivity contribution in [3.05, 3.63) is 51.0 Å². The quantitative estimate of drug-likeness (QED) is 0.554. The zero-order chi connectivity index (χ0) is 22.4. The fourth-order valence-electron chi connectivity index (χ4n) is 2.43. The third kappa shape index (κ3) is 4.87. The fourth-order valence-corrected chi connectivity index (χ4v) is 3.97. The highest BCUT2D eigenvalue weighted by atomic mass is 79.9. The highest BCUT2D eigenvalue weighted by Gasteiger charge is 2.47. The Morgan fingerprint density at radius 3 is 2.21 bits per heavy atom. The number of carbonyl (C=O) groups excluding carboxylic acids is 1. The van der Waals surface area contributed by atoms with Crippen LogP contribution in [0.2, 0.25) is 5.02 Å². The van der Waals surface area contributed by atoms with Crippen LogP contribution < -0.4 is 5.32 Å². The number of sulfone groups is 1. The lowest BCUT2D eigenvalue weighted by Crippen LogP contribution is -2.23. The number of rotatable bonds is 3. The Morgan fingerprint density at radius 2 is 1.72 bits per heavy atom. The van der Waals surface area contributed by atoms with Gasteiger partial charge in [0.05, 0.1) is 21.2 Å². The fraction of sp³-hybridized carbons (Fsp3) is 0.278. The number of aromatic hydroxyl groups is 1. The van der Waals surface area contributed by atoms with E-state index < -0.39 is 36.6 Å². The van der Waals surface area contributed by atoms with Gasteiger partial charge >= 0.3 is 5.51 Å². The minimum absolute atomic E-state index is 0.0904. The van der Waals surface area contributed by atoms with E-state index in [-0.39, 0.29) is 17.0 Å². The Hall–Kier alpha value is -1.78. The molecule has 0 aliphatic heterocycles. The number of amides is 1. The van der Waals surface area contributed by atoms with Crippen molar-refractivity contribution in [3.63, 3.8) is 0 Å². The molecule has 158 valence electrons. The summed E-state index contributed by atoms with van der Waals surface area (Å²) in [4.78, 5) is 11.6. The van der Waals surface area contributed by atoms with Crippen LogP contribution in [0.25, 0.3) is 0 Å². The summed E-state index contributed by atoms with van der Waals surface area (Å²) in [6.07, 6.45) is 0. The first-order valence-corrected chi connectivity index (χ1v) is 10.7. The molecular weight excluding hydrogens is 499 g/mol. The van der Waals surface area contributed by atoms with Gasteiger partial charge in [-0.3, -0.25) is 4.79 Å². The van der Waals surface area contributed by atoms with Crippen LogP contribution in [0.1, 0.15) is 36.7 Å². The van der Waals surface area contributed by atoms with E-state index in [2.05, 4.69) is 21.2 Å². The summed E-state index contributed by atoms with van der Waals surface area (Å²) < 4.78 is 61.5. The molecular formula is C18H16BrClF3NO4S. The third-order valence-electron chi connectivity index (χ3n) is 3.93. The molecule has 0 fully saturated rings. The van der Waals surface area contributed by atoms with E-state index in [0.29, 0.717) is 22.2 Å². The van der Waals surface area contributed by atoms with E-state index in [1.165, 1.54) is 6.07 Å². The lowest BCUT2D eigenvalue weighted by atomic mass is 9.85. The van der Waals surface area contributed by atoms with Crippen molar-refractivity contribution in [3.8, 4) is 5.75 Å². The van der Waals surface area contributed by atoms with Crippen LogP contribution in [-0.2, 0) is 15.3 Å². The highest BCUT2D eigenvalue weighted by molar-refractivity contribution is 9.10. The van der Waals surface area contributed by atoms with Gasteiger partial charge < -0.3 is 10.4 Å². The smallest absolute Gasteiger partial charge is 0.501 e. The van der Waals surface area contributed by atoms with Gasteiger partial charge in [-0.05, 0) is 35.7 Å². The highest BCUT2D eigenvalue weighted by Crippen LogP contribution is 2.37. The molecule has 0 aromatic heterocycles. The van der Waals surface area contributed by atoms with Crippen LogP contribution in [-0.4, -0.2) is 24.9 Å². The maximum atomic E-state index is 12.7. The van der Waals surface area contributed by atoms with E-state index in [1.807, 2.05) is 20.8 Å². The SMILES string of the molecule is CC(C)(C)c1cc(Br)cc(C(=O)Nc2ccc(S(=O)(=O)C(F)(F)F)cc2Cl)c1O. The van der Waals surface area contributed by atoms with Gasteiger partial charge in [-0.25, -0.2) is 8.42 Å². The zero-order valence-corrected chi connectivity index (χ0v) is 18.5. The molecule has 0 bridgehead atoms. The molecule has 11 heteroatoms. The standard InChI is InChI=1S/C18H16BrClF3NO4S/c1-17(2,3)12-7-9(19)6-11(15(12)25)16(26)24-14-5-4-10(8-13(14)20)29(27,28)18(21,22)23/h4-8,25H,1-3H3,(H,24,26). The summed E-state index contributed by atoms with van der Waals surface area (Å²) in [5.41, 5.74) is -5.67. The van der Waals surface area contributed by atoms with Crippen LogP contribution in [0.4, 0.5) is 18.9 Å². The van der Waals surface area contributed by atoms with E-state index in [4.69, 9.17) is 11.6 Å². The number of carbonyl (C=O) groups is 1. The number of halogens is 5. The van der Waals surface area contributed by atoms with Crippen molar-refractivity contribution < 1.29 is 31.5 Å². The van der Waals surface area contributed by atoms with E-state index >= 15 is 0 Å². The van der Waals surface area contributed by atoms with Gasteiger partial charge in [0.1, 0.15) is 5.75 Å². The van der Waals surface area contributed by atoms with Gasteiger partial charge in [0.15, 0.2) is 0 Å². The molecule has 0 saturated carbocycles. The Morgan fingerprint density at radius 1 is 1.14 bits per heavy atom. The van der Waals surface area contributed by atoms with Gasteiger partial charge in [0.25, 0.3) is 15.7 Å². The Labute approximate surface area is 178 Å². The van der Waals surface area contributed by atoms with Gasteiger partial charge in [0.2, 0.25) is 0 Å². The van der Waals surface area contributed by atoms with Crippen molar-refractivity contribution in [2.75, 3.05) is 5.32 Å². The molecule has 2 aromatic rings. The molecule has 1 amide bonds. The predicted octanol–water partition coefficient (Wildman–Crippen LogP) is 5.65. The second-order valence-corrected chi connectivity index (χ2v) is 10.4. The summed E-state index contributed by atoms with van der Waals surface area (Å²) in [5.74, 6) is -1.03. The summed E-state index contributed by atoms with van der Waals surface area (Å²) >= 11 is 9.14. The first-order chi connectivity index (χ1) is 13.1. The van der Waals surface area contributed by atoms with Crippen LogP contribution in [0.15, 0.2) is 39.7 Å². The zero-order valence-electron chi connectivity index (χ0n) is 15.4. The van der Waals surface area contributed by atoms with Gasteiger partial charge in [-0.2, -0.15) is 13.2 Å². The summed E-state index contributed by atoms with van der Waals surface area (Å²) in [5, 5.41) is 12.4. The number of nitrogens with one attached hydrogen (secondary N) is 1. The number of phenolic OH excluding ortho intramolecular Hbond substituents is 1. The predicted molar refractivity (Wildman–Crippen MR) is 107 cm³/mol. The van der Waals surface area contributed by atoms with Gasteiger partial charge in [-0.1, -0.05) is 48.3 Å². The van der Waals surface area contributed by atoms with Gasteiger partial charge in [-0.15, -0.1) is 0 Å². The van der Waals surface area contributed by atoms with E-state index in [9.17, 15) is 31.5 Å². The summed E-state index contributed by atoms with van der Waals surface area (Å²) in [6, 6.07) is 5.26. The van der Waals surface area contributed by atoms with E-state index in [0.717, 1.165) is 6.07 Å². The van der Waals surface area contributed by atoms with Crippen molar-refractivity contribution >= 4 is 49.0 Å². The van der Waals surface area contributed by atoms with Crippen LogP contribution in [0, 0.1) is 0 Å². The number of hydrogen-bond acceptors (Lipinski definition) is 4. The molecule has 5 nitrogen and oxygen atoms in total. The molecule has 0 atom stereocenters. The number of anilines is 1. The minimum atomic E-state index is -5.57. The normalized spacial score (nSPS) is 12.7. The molecule has 29 heavy (non-hydrogen) atoms. The molecule has 2 aromatic carbocycles. The topological polar surface area (TPSA) is 83.5 Å². The average Bonchev–Trinajstić information content (AvgIpc) is 2.56. The number of benzene rings is 2. The summed E-state index contributed by atoms with van der Waals surface area (Å²) in [7, 11) is -5.57. The van der Waals surface area contributed by atoms with Crippen molar-refractivity contribution in [2.45, 2.75) is 36.6 Å². The number of hydrogen-bond donors (Lipinski definition) is 2. The average molecular weight is 515 g/mol. The maximum Gasteiger partial charge on any atom is 0.501 e. The third-order valence-corrected chi connectivity index (χ3v) is 6.19. The van der Waals surface area contributed by atoms with Crippen LogP contribution in [0.3, 0.4) is 0 Å². The molecule has 0 heterocycles. The largest absolute Gasteiger partial charge is 0.507 e. The van der Waals surface area contributed by atoms with E-state index in [1.54, 1.807) is 6.07 Å². The molecule has 0 aliphatic rings. The molecule has 0 spiro atoms. The van der Waals surface area contributed by atoms with Crippen molar-refractivity contribution in [1.29, 1.82) is 0 Å². The Kier molecular flexibility index (Phi) is 6.33. The first kappa shape index (κ1) is 23.5. The molecule has 0 aliphatic carbocycles. The van der Waals surface area contributed by atoms with Crippen molar-refractivity contribution in [2.24, 2.45) is 0 Å². The molecule has 2 N–H and O–H groups in total. The second kappa shape index (κ2) is 7.81. The Bertz CT molecular complexity index is 1080. The maximum absolute atomic E-state index is 12.7. The first-order valence-electron chi connectivity index (χ1n) is 8.01. The Balaban J connectivity index is 2.42. The lowest BCUT2D eigenvalue weighted by Gasteiger charge is -2.22. The summed E-state index contributed by atoms with van der Waals surface area (Å²) in [6.45, 7) is 5.52. The number of alkyl halides is 3. The number of phenols is 1. The lowest BCUT2D eigenvalue weighted by molar-refractivity contribution is -0.0436. The molecule has 0 saturated heterocycles. The van der Waals surface area contributed by atoms with Crippen LogP contribution >= 0.6 is 27.5 Å². The molecule has 2 rings (SSSR count).